The summed E-state index contributed by atoms with van der Waals surface area (Å²) in [7, 11) is 0. The van der Waals surface area contributed by atoms with Crippen LogP contribution in [0.25, 0.3) is 0 Å². The summed E-state index contributed by atoms with van der Waals surface area (Å²) in [5.41, 5.74) is 1.29. The van der Waals surface area contributed by atoms with Gasteiger partial charge < -0.3 is 10.1 Å². The van der Waals surface area contributed by atoms with E-state index in [1.54, 1.807) is 0 Å². The predicted octanol–water partition coefficient (Wildman–Crippen LogP) is 4.82. The van der Waals surface area contributed by atoms with Crippen molar-refractivity contribution >= 4 is 31.9 Å². The van der Waals surface area contributed by atoms with E-state index in [1.165, 1.54) is 18.4 Å². The molecule has 2 rings (SSSR count). The predicted molar refractivity (Wildman–Crippen MR) is 86.5 cm³/mol. The van der Waals surface area contributed by atoms with Crippen molar-refractivity contribution in [3.05, 3.63) is 32.7 Å². The van der Waals surface area contributed by atoms with Gasteiger partial charge in [0, 0.05) is 15.6 Å². The van der Waals surface area contributed by atoms with Crippen LogP contribution in [0.15, 0.2) is 27.1 Å². The molecule has 1 fully saturated rings. The number of ether oxygens (including phenoxy) is 1. The molecule has 2 nitrogen and oxygen atoms in total. The summed E-state index contributed by atoms with van der Waals surface area (Å²) in [6, 6.07) is 6.62. The number of hydrogen-bond acceptors (Lipinski definition) is 2. The van der Waals surface area contributed by atoms with Crippen LogP contribution in [0.3, 0.4) is 0 Å². The van der Waals surface area contributed by atoms with Gasteiger partial charge in [-0.05, 0) is 56.0 Å². The van der Waals surface area contributed by atoms with Crippen LogP contribution < -0.4 is 5.32 Å². The number of nitrogens with one attached hydrogen (secondary N) is 1. The molecular weight excluding hydrogens is 370 g/mol. The van der Waals surface area contributed by atoms with E-state index in [4.69, 9.17) is 4.74 Å². The van der Waals surface area contributed by atoms with E-state index in [1.807, 2.05) is 0 Å². The minimum Gasteiger partial charge on any atom is -0.376 e. The molecule has 19 heavy (non-hydrogen) atoms. The van der Waals surface area contributed by atoms with E-state index in [0.29, 0.717) is 0 Å². The van der Waals surface area contributed by atoms with Crippen molar-refractivity contribution in [1.29, 1.82) is 0 Å². The van der Waals surface area contributed by atoms with Crippen LogP contribution in [0.2, 0.25) is 0 Å². The topological polar surface area (TPSA) is 21.3 Å². The SMILES string of the molecule is CCCNC(c1cc(Br)ccc1Br)C1CCCCO1. The number of rotatable bonds is 5. The van der Waals surface area contributed by atoms with E-state index < -0.39 is 0 Å². The Labute approximate surface area is 132 Å². The molecular formula is C15H21Br2NO. The quantitative estimate of drug-likeness (QED) is 0.777. The lowest BCUT2D eigenvalue weighted by Crippen LogP contribution is -2.36. The number of halogens is 2. The lowest BCUT2D eigenvalue weighted by Gasteiger charge is -2.32. The molecule has 0 bridgehead atoms. The summed E-state index contributed by atoms with van der Waals surface area (Å²) in [6.45, 7) is 4.10. The first-order chi connectivity index (χ1) is 9.22. The molecule has 1 aliphatic heterocycles. The van der Waals surface area contributed by atoms with Crippen LogP contribution in [-0.4, -0.2) is 19.3 Å². The first-order valence-electron chi connectivity index (χ1n) is 7.02. The van der Waals surface area contributed by atoms with Crippen molar-refractivity contribution in [2.75, 3.05) is 13.2 Å². The molecule has 1 aliphatic rings. The van der Waals surface area contributed by atoms with Crippen LogP contribution in [0.1, 0.15) is 44.2 Å². The van der Waals surface area contributed by atoms with Crippen molar-refractivity contribution in [2.24, 2.45) is 0 Å². The third-order valence-electron chi connectivity index (χ3n) is 3.49. The van der Waals surface area contributed by atoms with E-state index in [2.05, 4.69) is 62.3 Å². The highest BCUT2D eigenvalue weighted by Gasteiger charge is 2.27. The first kappa shape index (κ1) is 15.5. The van der Waals surface area contributed by atoms with Gasteiger partial charge in [0.1, 0.15) is 0 Å². The summed E-state index contributed by atoms with van der Waals surface area (Å²) in [4.78, 5) is 0. The van der Waals surface area contributed by atoms with Gasteiger partial charge >= 0.3 is 0 Å². The molecule has 0 saturated carbocycles. The summed E-state index contributed by atoms with van der Waals surface area (Å²) in [5, 5.41) is 3.65. The van der Waals surface area contributed by atoms with Gasteiger partial charge in [-0.25, -0.2) is 0 Å². The molecule has 2 unspecified atom stereocenters. The third kappa shape index (κ3) is 4.28. The maximum Gasteiger partial charge on any atom is 0.0770 e. The smallest absolute Gasteiger partial charge is 0.0770 e. The van der Waals surface area contributed by atoms with Crippen LogP contribution in [0, 0.1) is 0 Å². The molecule has 0 aromatic heterocycles. The van der Waals surface area contributed by atoms with E-state index in [9.17, 15) is 0 Å². The highest BCUT2D eigenvalue weighted by Crippen LogP contribution is 2.33. The molecule has 0 aliphatic carbocycles. The summed E-state index contributed by atoms with van der Waals surface area (Å²) in [5.74, 6) is 0. The Hall–Kier alpha value is 0.1000. The van der Waals surface area contributed by atoms with E-state index in [-0.39, 0.29) is 12.1 Å². The van der Waals surface area contributed by atoms with Crippen LogP contribution >= 0.6 is 31.9 Å². The minimum absolute atomic E-state index is 0.270. The third-order valence-corrected chi connectivity index (χ3v) is 4.71. The van der Waals surface area contributed by atoms with Gasteiger partial charge in [0.05, 0.1) is 12.1 Å². The maximum atomic E-state index is 5.99. The summed E-state index contributed by atoms with van der Waals surface area (Å²) >= 11 is 7.24. The largest absolute Gasteiger partial charge is 0.376 e. The van der Waals surface area contributed by atoms with Crippen molar-refractivity contribution in [3.8, 4) is 0 Å². The van der Waals surface area contributed by atoms with Gasteiger partial charge in [-0.1, -0.05) is 38.8 Å². The Bertz CT molecular complexity index is 405. The molecule has 106 valence electrons. The van der Waals surface area contributed by atoms with Gasteiger partial charge in [-0.15, -0.1) is 0 Å². The monoisotopic (exact) mass is 389 g/mol. The van der Waals surface area contributed by atoms with Crippen molar-refractivity contribution in [2.45, 2.75) is 44.8 Å². The molecule has 2 atom stereocenters. The average Bonchev–Trinajstić information content (AvgIpc) is 2.44. The molecule has 1 aromatic rings. The minimum atomic E-state index is 0.270. The normalized spacial score (nSPS) is 21.3. The molecule has 4 heteroatoms. The van der Waals surface area contributed by atoms with E-state index in [0.717, 1.165) is 34.9 Å². The van der Waals surface area contributed by atoms with Crippen molar-refractivity contribution < 1.29 is 4.74 Å². The molecule has 1 N–H and O–H groups in total. The fourth-order valence-electron chi connectivity index (χ4n) is 2.52. The lowest BCUT2D eigenvalue weighted by atomic mass is 9.95. The van der Waals surface area contributed by atoms with Crippen LogP contribution in [0.5, 0.6) is 0 Å². The van der Waals surface area contributed by atoms with Gasteiger partial charge in [-0.3, -0.25) is 0 Å². The molecule has 0 radical (unpaired) electrons. The van der Waals surface area contributed by atoms with Gasteiger partial charge in [0.2, 0.25) is 0 Å². The molecule has 1 heterocycles. The standard InChI is InChI=1S/C15H21Br2NO/c1-2-8-18-15(14-5-3-4-9-19-14)12-10-11(16)6-7-13(12)17/h6-7,10,14-15,18H,2-5,8-9H2,1H3. The molecule has 1 aromatic carbocycles. The fourth-order valence-corrected chi connectivity index (χ4v) is 3.40. The Morgan fingerprint density at radius 1 is 1.37 bits per heavy atom. The van der Waals surface area contributed by atoms with Gasteiger partial charge in [0.15, 0.2) is 0 Å². The van der Waals surface area contributed by atoms with Crippen LogP contribution in [-0.2, 0) is 4.74 Å². The zero-order valence-corrected chi connectivity index (χ0v) is 14.5. The first-order valence-corrected chi connectivity index (χ1v) is 8.61. The number of benzene rings is 1. The fraction of sp³-hybridized carbons (Fsp3) is 0.600. The van der Waals surface area contributed by atoms with Gasteiger partial charge in [0.25, 0.3) is 0 Å². The van der Waals surface area contributed by atoms with Crippen molar-refractivity contribution in [3.63, 3.8) is 0 Å². The molecule has 0 spiro atoms. The zero-order chi connectivity index (χ0) is 13.7. The molecule has 0 amide bonds. The highest BCUT2D eigenvalue weighted by molar-refractivity contribution is 9.11. The van der Waals surface area contributed by atoms with E-state index >= 15 is 0 Å². The second-order valence-electron chi connectivity index (χ2n) is 5.00. The highest BCUT2D eigenvalue weighted by atomic mass is 79.9. The summed E-state index contributed by atoms with van der Waals surface area (Å²) in [6.07, 6.45) is 5.01. The Balaban J connectivity index is 2.22. The Kier molecular flexibility index (Phi) is 6.33. The number of hydrogen-bond donors (Lipinski definition) is 1. The van der Waals surface area contributed by atoms with Crippen LogP contribution in [0.4, 0.5) is 0 Å². The van der Waals surface area contributed by atoms with Gasteiger partial charge in [-0.2, -0.15) is 0 Å². The zero-order valence-electron chi connectivity index (χ0n) is 11.3. The Morgan fingerprint density at radius 2 is 2.21 bits per heavy atom. The Morgan fingerprint density at radius 3 is 2.89 bits per heavy atom. The summed E-state index contributed by atoms with van der Waals surface area (Å²) < 4.78 is 8.25. The maximum absolute atomic E-state index is 5.99. The second kappa shape index (κ2) is 7.77. The second-order valence-corrected chi connectivity index (χ2v) is 6.77. The molecule has 1 saturated heterocycles. The lowest BCUT2D eigenvalue weighted by molar-refractivity contribution is -0.00830. The average molecular weight is 391 g/mol. The van der Waals surface area contributed by atoms with Crippen molar-refractivity contribution in [1.82, 2.24) is 5.32 Å².